The highest BCUT2D eigenvalue weighted by Crippen LogP contribution is 2.38. The summed E-state index contributed by atoms with van der Waals surface area (Å²) < 4.78 is 5.70. The number of amides is 1. The van der Waals surface area contributed by atoms with Crippen molar-refractivity contribution in [3.8, 4) is 28.3 Å². The van der Waals surface area contributed by atoms with Gasteiger partial charge in [-0.15, -0.1) is 0 Å². The number of hydrogen-bond donors (Lipinski definition) is 2. The first-order valence-corrected chi connectivity index (χ1v) is 9.58. The molecule has 2 N–H and O–H groups in total. The molecular weight excluding hydrogens is 378 g/mol. The second-order valence-corrected chi connectivity index (χ2v) is 6.98. The number of pyridine rings is 1. The fraction of sp³-hybridized carbons (Fsp3) is 0.130. The van der Waals surface area contributed by atoms with Crippen molar-refractivity contribution < 1.29 is 9.53 Å². The minimum absolute atomic E-state index is 0.0417. The minimum Gasteiger partial charge on any atom is -0.494 e. The van der Waals surface area contributed by atoms with E-state index >= 15 is 0 Å². The van der Waals surface area contributed by atoms with Crippen molar-refractivity contribution in [1.82, 2.24) is 20.3 Å². The summed E-state index contributed by atoms with van der Waals surface area (Å²) in [7, 11) is 3.46. The molecule has 0 atom stereocenters. The number of carbonyl (C=O) groups excluding carboxylic acids is 1. The molecule has 0 bridgehead atoms. The second kappa shape index (κ2) is 7.11. The largest absolute Gasteiger partial charge is 0.494 e. The number of ether oxygens (including phenoxy) is 1. The first-order valence-electron chi connectivity index (χ1n) is 9.58. The smallest absolute Gasteiger partial charge is 0.251 e. The molecule has 1 amide bonds. The molecule has 5 rings (SSSR count). The molecule has 2 aromatic heterocycles. The van der Waals surface area contributed by atoms with Gasteiger partial charge in [0.25, 0.3) is 5.91 Å². The molecule has 0 unspecified atom stereocenters. The van der Waals surface area contributed by atoms with E-state index in [1.807, 2.05) is 49.5 Å². The van der Waals surface area contributed by atoms with Gasteiger partial charge in [0.05, 0.1) is 7.11 Å². The minimum atomic E-state index is -0.0417. The Morgan fingerprint density at radius 2 is 1.93 bits per heavy atom. The van der Waals surface area contributed by atoms with Crippen LogP contribution in [0.2, 0.25) is 0 Å². The molecule has 2 aromatic carbocycles. The van der Waals surface area contributed by atoms with E-state index in [0.29, 0.717) is 35.0 Å². The predicted octanol–water partition coefficient (Wildman–Crippen LogP) is 3.65. The number of carbonyl (C=O) groups is 1. The molecule has 0 spiro atoms. The summed E-state index contributed by atoms with van der Waals surface area (Å²) in [4.78, 5) is 25.7. The summed E-state index contributed by atoms with van der Waals surface area (Å²) in [5, 5.41) is 6.91. The van der Waals surface area contributed by atoms with Crippen LogP contribution in [0.15, 0.2) is 54.9 Å². The van der Waals surface area contributed by atoms with Crippen molar-refractivity contribution in [3.63, 3.8) is 0 Å². The molecule has 1 aliphatic rings. The molecule has 3 heterocycles. The Morgan fingerprint density at radius 3 is 2.70 bits per heavy atom. The Balaban J connectivity index is 1.75. The number of fused-ring (bicyclic) bond motifs is 2. The van der Waals surface area contributed by atoms with Crippen LogP contribution in [0.1, 0.15) is 15.9 Å². The van der Waals surface area contributed by atoms with Crippen LogP contribution in [0.3, 0.4) is 0 Å². The maximum Gasteiger partial charge on any atom is 0.251 e. The predicted molar refractivity (Wildman–Crippen MR) is 115 cm³/mol. The van der Waals surface area contributed by atoms with Crippen LogP contribution in [0.4, 0.5) is 5.82 Å². The van der Waals surface area contributed by atoms with E-state index in [9.17, 15) is 4.79 Å². The van der Waals surface area contributed by atoms with Crippen molar-refractivity contribution in [2.24, 2.45) is 0 Å². The zero-order valence-corrected chi connectivity index (χ0v) is 16.6. The van der Waals surface area contributed by atoms with Crippen LogP contribution in [-0.2, 0) is 6.54 Å². The van der Waals surface area contributed by atoms with Gasteiger partial charge in [-0.05, 0) is 47.0 Å². The topological polar surface area (TPSA) is 89.0 Å². The van der Waals surface area contributed by atoms with Gasteiger partial charge in [-0.2, -0.15) is 0 Å². The molecule has 4 aromatic rings. The fourth-order valence-corrected chi connectivity index (χ4v) is 3.85. The molecule has 148 valence electrons. The number of anilines is 1. The molecule has 7 nitrogen and oxygen atoms in total. The molecule has 0 fully saturated rings. The summed E-state index contributed by atoms with van der Waals surface area (Å²) in [6.45, 7) is 0.514. The molecule has 7 heteroatoms. The van der Waals surface area contributed by atoms with Crippen molar-refractivity contribution >= 4 is 22.6 Å². The summed E-state index contributed by atoms with van der Waals surface area (Å²) in [6.07, 6.45) is 3.45. The SMILES string of the molecule is CNc1nc(-c2cccnc2)nc2c(OC)cc(-c3cccc4c3CNC4=O)cc12. The Morgan fingerprint density at radius 1 is 1.07 bits per heavy atom. The summed E-state index contributed by atoms with van der Waals surface area (Å²) in [6, 6.07) is 13.5. The van der Waals surface area contributed by atoms with Crippen LogP contribution in [0, 0.1) is 0 Å². The normalized spacial score (nSPS) is 12.5. The zero-order valence-electron chi connectivity index (χ0n) is 16.6. The van der Waals surface area contributed by atoms with Crippen LogP contribution >= 0.6 is 0 Å². The number of nitrogens with zero attached hydrogens (tertiary/aromatic N) is 3. The van der Waals surface area contributed by atoms with Crippen LogP contribution in [-0.4, -0.2) is 35.0 Å². The van der Waals surface area contributed by atoms with Crippen LogP contribution in [0.5, 0.6) is 5.75 Å². The van der Waals surface area contributed by atoms with Gasteiger partial charge in [0, 0.05) is 42.5 Å². The third kappa shape index (κ3) is 2.83. The molecule has 1 aliphatic heterocycles. The number of rotatable bonds is 4. The van der Waals surface area contributed by atoms with Gasteiger partial charge in [0.1, 0.15) is 17.1 Å². The average Bonchev–Trinajstić information content (AvgIpc) is 3.19. The van der Waals surface area contributed by atoms with Gasteiger partial charge in [-0.25, -0.2) is 9.97 Å². The second-order valence-electron chi connectivity index (χ2n) is 6.98. The van der Waals surface area contributed by atoms with Crippen molar-refractivity contribution in [1.29, 1.82) is 0 Å². The standard InChI is InChI=1S/C23H19N5O2/c1-24-22-17-9-14(15-6-3-7-16-18(15)12-26-23(16)29)10-19(30-2)20(17)27-21(28-22)13-5-4-8-25-11-13/h3-11H,12H2,1-2H3,(H,26,29)(H,24,27,28). The Kier molecular flexibility index (Phi) is 4.28. The third-order valence-corrected chi connectivity index (χ3v) is 5.30. The maximum absolute atomic E-state index is 12.1. The lowest BCUT2D eigenvalue weighted by Crippen LogP contribution is -2.12. The Hall–Kier alpha value is -4.00. The molecule has 30 heavy (non-hydrogen) atoms. The first kappa shape index (κ1) is 18.1. The van der Waals surface area contributed by atoms with Gasteiger partial charge in [0.2, 0.25) is 0 Å². The molecular formula is C23H19N5O2. The number of aromatic nitrogens is 3. The van der Waals surface area contributed by atoms with Gasteiger partial charge in [0.15, 0.2) is 5.82 Å². The Labute approximate surface area is 173 Å². The Bertz CT molecular complexity index is 1290. The summed E-state index contributed by atoms with van der Waals surface area (Å²) in [5.74, 6) is 1.86. The van der Waals surface area contributed by atoms with E-state index in [1.54, 1.807) is 19.5 Å². The summed E-state index contributed by atoms with van der Waals surface area (Å²) >= 11 is 0. The van der Waals surface area contributed by atoms with E-state index in [0.717, 1.165) is 27.6 Å². The van der Waals surface area contributed by atoms with Gasteiger partial charge in [-0.1, -0.05) is 12.1 Å². The van der Waals surface area contributed by atoms with E-state index in [4.69, 9.17) is 14.7 Å². The quantitative estimate of drug-likeness (QED) is 0.546. The molecule has 0 saturated carbocycles. The zero-order chi connectivity index (χ0) is 20.7. The number of nitrogens with one attached hydrogen (secondary N) is 2. The first-order chi connectivity index (χ1) is 14.7. The molecule has 0 aliphatic carbocycles. The van der Waals surface area contributed by atoms with Crippen molar-refractivity contribution in [2.75, 3.05) is 19.5 Å². The monoisotopic (exact) mass is 397 g/mol. The summed E-state index contributed by atoms with van der Waals surface area (Å²) in [5.41, 5.74) is 5.17. The van der Waals surface area contributed by atoms with Gasteiger partial charge < -0.3 is 15.4 Å². The highest BCUT2D eigenvalue weighted by atomic mass is 16.5. The highest BCUT2D eigenvalue weighted by Gasteiger charge is 2.23. The lowest BCUT2D eigenvalue weighted by atomic mass is 9.95. The van der Waals surface area contributed by atoms with Gasteiger partial charge >= 0.3 is 0 Å². The van der Waals surface area contributed by atoms with Gasteiger partial charge in [-0.3, -0.25) is 9.78 Å². The van der Waals surface area contributed by atoms with Crippen molar-refractivity contribution in [2.45, 2.75) is 6.54 Å². The lowest BCUT2D eigenvalue weighted by Gasteiger charge is -2.14. The van der Waals surface area contributed by atoms with Crippen LogP contribution < -0.4 is 15.4 Å². The van der Waals surface area contributed by atoms with E-state index in [1.165, 1.54) is 0 Å². The maximum atomic E-state index is 12.1. The average molecular weight is 397 g/mol. The number of hydrogen-bond acceptors (Lipinski definition) is 6. The number of benzene rings is 2. The number of methoxy groups -OCH3 is 1. The molecule has 0 radical (unpaired) electrons. The molecule has 0 saturated heterocycles. The van der Waals surface area contributed by atoms with Crippen molar-refractivity contribution in [3.05, 3.63) is 66.0 Å². The van der Waals surface area contributed by atoms with Crippen LogP contribution in [0.25, 0.3) is 33.4 Å². The third-order valence-electron chi connectivity index (χ3n) is 5.30. The van der Waals surface area contributed by atoms with E-state index < -0.39 is 0 Å². The van der Waals surface area contributed by atoms with E-state index in [-0.39, 0.29) is 5.91 Å². The fourth-order valence-electron chi connectivity index (χ4n) is 3.85. The highest BCUT2D eigenvalue weighted by molar-refractivity contribution is 6.02. The van der Waals surface area contributed by atoms with E-state index in [2.05, 4.69) is 15.6 Å². The lowest BCUT2D eigenvalue weighted by molar-refractivity contribution is 0.0965.